The van der Waals surface area contributed by atoms with Crippen LogP contribution in [0, 0.1) is 0 Å². The second-order valence-electron chi connectivity index (χ2n) is 5.99. The van der Waals surface area contributed by atoms with Crippen molar-refractivity contribution in [2.45, 2.75) is 64.3 Å². The lowest BCUT2D eigenvalue weighted by molar-refractivity contribution is -0.116. The van der Waals surface area contributed by atoms with Gasteiger partial charge in [-0.3, -0.25) is 4.79 Å². The summed E-state index contributed by atoms with van der Waals surface area (Å²) >= 11 is 0. The van der Waals surface area contributed by atoms with Gasteiger partial charge in [-0.25, -0.2) is 0 Å². The van der Waals surface area contributed by atoms with E-state index >= 15 is 0 Å². The van der Waals surface area contributed by atoms with Crippen LogP contribution in [0.25, 0.3) is 0 Å². The predicted octanol–water partition coefficient (Wildman–Crippen LogP) is 3.89. The van der Waals surface area contributed by atoms with E-state index in [1.807, 2.05) is 12.1 Å². The van der Waals surface area contributed by atoms with Gasteiger partial charge in [0.1, 0.15) is 0 Å². The molecule has 116 valence electrons. The van der Waals surface area contributed by atoms with Crippen molar-refractivity contribution in [3.8, 4) is 0 Å². The Hall–Kier alpha value is -1.35. The Morgan fingerprint density at radius 2 is 1.76 bits per heavy atom. The molecule has 1 fully saturated rings. The van der Waals surface area contributed by atoms with Crippen molar-refractivity contribution >= 4 is 11.6 Å². The summed E-state index contributed by atoms with van der Waals surface area (Å²) < 4.78 is 0. The van der Waals surface area contributed by atoms with Gasteiger partial charge in [0.15, 0.2) is 0 Å². The Labute approximate surface area is 128 Å². The number of anilines is 1. The molecule has 1 aromatic carbocycles. The lowest BCUT2D eigenvalue weighted by atomic mass is 10.1. The van der Waals surface area contributed by atoms with Crippen LogP contribution in [0.15, 0.2) is 24.3 Å². The van der Waals surface area contributed by atoms with E-state index in [0.29, 0.717) is 12.5 Å². The minimum absolute atomic E-state index is 0.0976. The molecule has 2 N–H and O–H groups in total. The monoisotopic (exact) mass is 288 g/mol. The topological polar surface area (TPSA) is 41.1 Å². The third kappa shape index (κ3) is 5.88. The highest BCUT2D eigenvalue weighted by Crippen LogP contribution is 2.17. The molecular formula is C18H28N2O. The SMILES string of the molecule is CCc1ccc(NC(=O)CCNC2CCCCCC2)cc1. The number of carbonyl (C=O) groups excluding carboxylic acids is 1. The van der Waals surface area contributed by atoms with Crippen LogP contribution in [0.3, 0.4) is 0 Å². The lowest BCUT2D eigenvalue weighted by Crippen LogP contribution is -2.31. The predicted molar refractivity (Wildman–Crippen MR) is 88.6 cm³/mol. The first-order valence-corrected chi connectivity index (χ1v) is 8.40. The molecule has 0 aromatic heterocycles. The molecule has 2 rings (SSSR count). The second kappa shape index (κ2) is 8.83. The molecule has 1 aliphatic carbocycles. The third-order valence-corrected chi connectivity index (χ3v) is 4.29. The average molecular weight is 288 g/mol. The van der Waals surface area contributed by atoms with E-state index in [-0.39, 0.29) is 5.91 Å². The average Bonchev–Trinajstić information content (AvgIpc) is 2.77. The first-order valence-electron chi connectivity index (χ1n) is 8.40. The van der Waals surface area contributed by atoms with Crippen molar-refractivity contribution in [2.24, 2.45) is 0 Å². The molecule has 3 nitrogen and oxygen atoms in total. The summed E-state index contributed by atoms with van der Waals surface area (Å²) in [6, 6.07) is 8.72. The maximum atomic E-state index is 11.9. The molecule has 21 heavy (non-hydrogen) atoms. The lowest BCUT2D eigenvalue weighted by Gasteiger charge is -2.15. The molecule has 0 heterocycles. The molecule has 1 aliphatic rings. The van der Waals surface area contributed by atoms with E-state index in [9.17, 15) is 4.79 Å². The summed E-state index contributed by atoms with van der Waals surface area (Å²) in [5.74, 6) is 0.0976. The minimum Gasteiger partial charge on any atom is -0.326 e. The second-order valence-corrected chi connectivity index (χ2v) is 5.99. The van der Waals surface area contributed by atoms with Crippen molar-refractivity contribution in [2.75, 3.05) is 11.9 Å². The quantitative estimate of drug-likeness (QED) is 0.780. The zero-order valence-electron chi connectivity index (χ0n) is 13.2. The number of amides is 1. The fourth-order valence-corrected chi connectivity index (χ4v) is 2.92. The smallest absolute Gasteiger partial charge is 0.225 e. The number of benzene rings is 1. The number of aryl methyl sites for hydroxylation is 1. The summed E-state index contributed by atoms with van der Waals surface area (Å²) in [5.41, 5.74) is 2.19. The van der Waals surface area contributed by atoms with Crippen LogP contribution in [0.4, 0.5) is 5.69 Å². The van der Waals surface area contributed by atoms with Crippen molar-refractivity contribution in [1.29, 1.82) is 0 Å². The Morgan fingerprint density at radius 1 is 1.10 bits per heavy atom. The van der Waals surface area contributed by atoms with Gasteiger partial charge in [0.2, 0.25) is 5.91 Å². The molecule has 0 bridgehead atoms. The molecular weight excluding hydrogens is 260 g/mol. The number of rotatable bonds is 6. The molecule has 3 heteroatoms. The fourth-order valence-electron chi connectivity index (χ4n) is 2.92. The van der Waals surface area contributed by atoms with Crippen LogP contribution >= 0.6 is 0 Å². The van der Waals surface area contributed by atoms with Gasteiger partial charge < -0.3 is 10.6 Å². The summed E-state index contributed by atoms with van der Waals surface area (Å²) in [6.45, 7) is 2.91. The molecule has 0 unspecified atom stereocenters. The van der Waals surface area contributed by atoms with Crippen LogP contribution in [-0.2, 0) is 11.2 Å². The van der Waals surface area contributed by atoms with Crippen molar-refractivity contribution < 1.29 is 4.79 Å². The van der Waals surface area contributed by atoms with Crippen molar-refractivity contribution in [3.05, 3.63) is 29.8 Å². The van der Waals surface area contributed by atoms with Gasteiger partial charge in [-0.15, -0.1) is 0 Å². The van der Waals surface area contributed by atoms with E-state index < -0.39 is 0 Å². The first-order chi connectivity index (χ1) is 10.3. The number of carbonyl (C=O) groups is 1. The van der Waals surface area contributed by atoms with Crippen molar-refractivity contribution in [3.63, 3.8) is 0 Å². The highest BCUT2D eigenvalue weighted by atomic mass is 16.1. The van der Waals surface area contributed by atoms with Gasteiger partial charge in [-0.2, -0.15) is 0 Å². The zero-order valence-corrected chi connectivity index (χ0v) is 13.2. The molecule has 0 radical (unpaired) electrons. The van der Waals surface area contributed by atoms with Crippen molar-refractivity contribution in [1.82, 2.24) is 5.32 Å². The molecule has 0 saturated heterocycles. The van der Waals surface area contributed by atoms with Gasteiger partial charge >= 0.3 is 0 Å². The highest BCUT2D eigenvalue weighted by Gasteiger charge is 2.11. The Bertz CT molecular complexity index is 419. The maximum absolute atomic E-state index is 11.9. The van der Waals surface area contributed by atoms with E-state index in [1.165, 1.54) is 44.1 Å². The molecule has 1 amide bonds. The standard InChI is InChI=1S/C18H28N2O/c1-2-15-9-11-17(12-10-15)20-18(21)13-14-19-16-7-5-3-4-6-8-16/h9-12,16,19H,2-8,13-14H2,1H3,(H,20,21). The molecule has 0 spiro atoms. The first kappa shape index (κ1) is 16.0. The number of nitrogens with one attached hydrogen (secondary N) is 2. The minimum atomic E-state index is 0.0976. The Kier molecular flexibility index (Phi) is 6.74. The van der Waals surface area contributed by atoms with E-state index in [1.54, 1.807) is 0 Å². The summed E-state index contributed by atoms with van der Waals surface area (Å²) in [7, 11) is 0. The van der Waals surface area contributed by atoms with Crippen LogP contribution in [0.5, 0.6) is 0 Å². The maximum Gasteiger partial charge on any atom is 0.225 e. The highest BCUT2D eigenvalue weighted by molar-refractivity contribution is 5.90. The van der Waals surface area contributed by atoms with Gasteiger partial charge in [-0.05, 0) is 37.0 Å². The molecule has 1 saturated carbocycles. The van der Waals surface area contributed by atoms with Gasteiger partial charge in [0.25, 0.3) is 0 Å². The Balaban J connectivity index is 1.66. The number of hydrogen-bond donors (Lipinski definition) is 2. The Morgan fingerprint density at radius 3 is 2.38 bits per heavy atom. The van der Waals surface area contributed by atoms with Crippen LogP contribution in [0.1, 0.15) is 57.4 Å². The van der Waals surface area contributed by atoms with Gasteiger partial charge in [-0.1, -0.05) is 44.7 Å². The molecule has 1 aromatic rings. The summed E-state index contributed by atoms with van der Waals surface area (Å²) in [4.78, 5) is 11.9. The molecule has 0 aliphatic heterocycles. The van der Waals surface area contributed by atoms with Crippen LogP contribution < -0.4 is 10.6 Å². The number of hydrogen-bond acceptors (Lipinski definition) is 2. The summed E-state index contributed by atoms with van der Waals surface area (Å²) in [5, 5.41) is 6.50. The molecule has 0 atom stereocenters. The van der Waals surface area contributed by atoms with Gasteiger partial charge in [0, 0.05) is 24.7 Å². The van der Waals surface area contributed by atoms with Crippen LogP contribution in [0.2, 0.25) is 0 Å². The largest absolute Gasteiger partial charge is 0.326 e. The van der Waals surface area contributed by atoms with E-state index in [4.69, 9.17) is 0 Å². The van der Waals surface area contributed by atoms with Gasteiger partial charge in [0.05, 0.1) is 0 Å². The summed E-state index contributed by atoms with van der Waals surface area (Å²) in [6.07, 6.45) is 9.49. The van der Waals surface area contributed by atoms with Crippen LogP contribution in [-0.4, -0.2) is 18.5 Å². The normalized spacial score (nSPS) is 16.4. The fraction of sp³-hybridized carbons (Fsp3) is 0.611. The van der Waals surface area contributed by atoms with E-state index in [2.05, 4.69) is 29.7 Å². The zero-order chi connectivity index (χ0) is 14.9. The van der Waals surface area contributed by atoms with E-state index in [0.717, 1.165) is 18.7 Å². The third-order valence-electron chi connectivity index (χ3n) is 4.29.